The minimum absolute atomic E-state index is 0.0678. The Labute approximate surface area is 166 Å². The number of carbonyl (C=O) groups is 1. The lowest BCUT2D eigenvalue weighted by Crippen LogP contribution is -2.44. The molecule has 3 rings (SSSR count). The Kier molecular flexibility index (Phi) is 7.13. The van der Waals surface area contributed by atoms with E-state index in [0.717, 1.165) is 43.2 Å². The molecule has 0 radical (unpaired) electrons. The van der Waals surface area contributed by atoms with E-state index in [4.69, 9.17) is 16.3 Å². The second-order valence-corrected chi connectivity index (χ2v) is 7.59. The lowest BCUT2D eigenvalue weighted by Gasteiger charge is -2.32. The summed E-state index contributed by atoms with van der Waals surface area (Å²) in [4.78, 5) is 14.6. The molecule has 0 aromatic heterocycles. The van der Waals surface area contributed by atoms with Crippen molar-refractivity contribution in [2.75, 3.05) is 19.7 Å². The molecule has 1 aliphatic rings. The molecule has 1 fully saturated rings. The number of nitrogens with one attached hydrogen (secondary N) is 1. The van der Waals surface area contributed by atoms with Crippen LogP contribution in [0.25, 0.3) is 0 Å². The van der Waals surface area contributed by atoms with Crippen molar-refractivity contribution in [1.82, 2.24) is 10.2 Å². The molecule has 144 valence electrons. The standard InChI is InChI=1S/C22H27ClN2O2/c1-17-2-8-21(9-3-17)27-15-12-22(26)24-20-10-13-25(14-11-20)16-18-4-6-19(23)7-5-18/h2-9,20H,10-16H2,1H3,(H,24,26). The molecular formula is C22H27ClN2O2. The zero-order valence-electron chi connectivity index (χ0n) is 15.8. The molecule has 1 amide bonds. The quantitative estimate of drug-likeness (QED) is 0.775. The van der Waals surface area contributed by atoms with Gasteiger partial charge in [0, 0.05) is 30.7 Å². The maximum atomic E-state index is 12.1. The number of halogens is 1. The third-order valence-corrected chi connectivity index (χ3v) is 5.14. The number of piperidine rings is 1. The van der Waals surface area contributed by atoms with Gasteiger partial charge in [0.15, 0.2) is 0 Å². The third kappa shape index (κ3) is 6.56. The van der Waals surface area contributed by atoms with E-state index in [1.165, 1.54) is 11.1 Å². The summed E-state index contributed by atoms with van der Waals surface area (Å²) in [6.45, 7) is 5.37. The van der Waals surface area contributed by atoms with Crippen LogP contribution in [0.4, 0.5) is 0 Å². The summed E-state index contributed by atoms with van der Waals surface area (Å²) in [6, 6.07) is 16.2. The van der Waals surface area contributed by atoms with Gasteiger partial charge in [-0.05, 0) is 49.6 Å². The molecule has 1 heterocycles. The van der Waals surface area contributed by atoms with Crippen LogP contribution in [0.15, 0.2) is 48.5 Å². The van der Waals surface area contributed by atoms with Gasteiger partial charge in [-0.15, -0.1) is 0 Å². The Morgan fingerprint density at radius 3 is 2.44 bits per heavy atom. The fourth-order valence-electron chi connectivity index (χ4n) is 3.28. The molecule has 0 spiro atoms. The normalized spacial score (nSPS) is 15.5. The van der Waals surface area contributed by atoms with Crippen LogP contribution < -0.4 is 10.1 Å². The summed E-state index contributed by atoms with van der Waals surface area (Å²) >= 11 is 5.94. The Hall–Kier alpha value is -2.04. The highest BCUT2D eigenvalue weighted by molar-refractivity contribution is 6.30. The molecule has 2 aromatic carbocycles. The molecule has 1 N–H and O–H groups in total. The summed E-state index contributed by atoms with van der Waals surface area (Å²) in [5.41, 5.74) is 2.47. The van der Waals surface area contributed by atoms with Crippen LogP contribution in [0.3, 0.4) is 0 Å². The number of hydrogen-bond acceptors (Lipinski definition) is 3. The van der Waals surface area contributed by atoms with Crippen molar-refractivity contribution in [1.29, 1.82) is 0 Å². The monoisotopic (exact) mass is 386 g/mol. The summed E-state index contributed by atoms with van der Waals surface area (Å²) in [5.74, 6) is 0.877. The summed E-state index contributed by atoms with van der Waals surface area (Å²) in [7, 11) is 0. The average Bonchev–Trinajstić information content (AvgIpc) is 2.67. The van der Waals surface area contributed by atoms with E-state index in [0.29, 0.717) is 13.0 Å². The van der Waals surface area contributed by atoms with Gasteiger partial charge in [0.05, 0.1) is 13.0 Å². The predicted molar refractivity (Wildman–Crippen MR) is 109 cm³/mol. The Morgan fingerprint density at radius 2 is 1.78 bits per heavy atom. The van der Waals surface area contributed by atoms with Gasteiger partial charge in [-0.3, -0.25) is 9.69 Å². The van der Waals surface area contributed by atoms with E-state index in [1.807, 2.05) is 43.3 Å². The number of ether oxygens (including phenoxy) is 1. The molecule has 4 nitrogen and oxygen atoms in total. The molecule has 0 unspecified atom stereocenters. The van der Waals surface area contributed by atoms with E-state index >= 15 is 0 Å². The molecule has 1 saturated heterocycles. The van der Waals surface area contributed by atoms with E-state index in [1.54, 1.807) is 0 Å². The van der Waals surface area contributed by atoms with E-state index in [2.05, 4.69) is 22.3 Å². The van der Waals surface area contributed by atoms with E-state index in [-0.39, 0.29) is 11.9 Å². The maximum absolute atomic E-state index is 12.1. The van der Waals surface area contributed by atoms with Crippen LogP contribution in [-0.2, 0) is 11.3 Å². The molecule has 0 bridgehead atoms. The molecule has 27 heavy (non-hydrogen) atoms. The summed E-state index contributed by atoms with van der Waals surface area (Å²) < 4.78 is 5.63. The maximum Gasteiger partial charge on any atom is 0.223 e. The molecule has 1 aliphatic heterocycles. The van der Waals surface area contributed by atoms with Crippen molar-refractivity contribution in [3.63, 3.8) is 0 Å². The van der Waals surface area contributed by atoms with Crippen molar-refractivity contribution in [2.45, 2.75) is 38.8 Å². The minimum atomic E-state index is 0.0678. The van der Waals surface area contributed by atoms with Gasteiger partial charge in [0.2, 0.25) is 5.91 Å². The fraction of sp³-hybridized carbons (Fsp3) is 0.409. The van der Waals surface area contributed by atoms with Gasteiger partial charge in [-0.2, -0.15) is 0 Å². The first-order chi connectivity index (χ1) is 13.1. The molecule has 2 aromatic rings. The van der Waals surface area contributed by atoms with Crippen molar-refractivity contribution in [2.24, 2.45) is 0 Å². The first-order valence-electron chi connectivity index (χ1n) is 9.54. The fourth-order valence-corrected chi connectivity index (χ4v) is 3.41. The van der Waals surface area contributed by atoms with Crippen LogP contribution in [-0.4, -0.2) is 36.5 Å². The topological polar surface area (TPSA) is 41.6 Å². The number of amides is 1. The smallest absolute Gasteiger partial charge is 0.223 e. The van der Waals surface area contributed by atoms with Crippen molar-refractivity contribution in [3.8, 4) is 5.75 Å². The number of benzene rings is 2. The van der Waals surface area contributed by atoms with Crippen LogP contribution in [0.1, 0.15) is 30.4 Å². The van der Waals surface area contributed by atoms with Crippen LogP contribution in [0.5, 0.6) is 5.75 Å². The Bertz CT molecular complexity index is 723. The van der Waals surface area contributed by atoms with Gasteiger partial charge in [-0.1, -0.05) is 41.4 Å². The number of hydrogen-bond donors (Lipinski definition) is 1. The zero-order chi connectivity index (χ0) is 19.1. The van der Waals surface area contributed by atoms with Crippen LogP contribution in [0.2, 0.25) is 5.02 Å². The second kappa shape index (κ2) is 9.77. The van der Waals surface area contributed by atoms with Crippen LogP contribution >= 0.6 is 11.6 Å². The predicted octanol–water partition coefficient (Wildman–Crippen LogP) is 4.20. The summed E-state index contributed by atoms with van der Waals surface area (Å²) in [6.07, 6.45) is 2.36. The Balaban J connectivity index is 1.33. The van der Waals surface area contributed by atoms with Crippen molar-refractivity contribution < 1.29 is 9.53 Å². The van der Waals surface area contributed by atoms with Crippen LogP contribution in [0, 0.1) is 6.92 Å². The van der Waals surface area contributed by atoms with Gasteiger partial charge < -0.3 is 10.1 Å². The number of carbonyl (C=O) groups excluding carboxylic acids is 1. The van der Waals surface area contributed by atoms with E-state index < -0.39 is 0 Å². The number of likely N-dealkylation sites (tertiary alicyclic amines) is 1. The average molecular weight is 387 g/mol. The van der Waals surface area contributed by atoms with Crippen molar-refractivity contribution >= 4 is 17.5 Å². The van der Waals surface area contributed by atoms with Crippen molar-refractivity contribution in [3.05, 3.63) is 64.7 Å². The minimum Gasteiger partial charge on any atom is -0.493 e. The zero-order valence-corrected chi connectivity index (χ0v) is 16.5. The first kappa shape index (κ1) is 19.7. The lowest BCUT2D eigenvalue weighted by molar-refractivity contribution is -0.122. The molecule has 0 atom stereocenters. The van der Waals surface area contributed by atoms with Gasteiger partial charge in [0.25, 0.3) is 0 Å². The second-order valence-electron chi connectivity index (χ2n) is 7.16. The largest absolute Gasteiger partial charge is 0.493 e. The Morgan fingerprint density at radius 1 is 1.11 bits per heavy atom. The molecule has 0 aliphatic carbocycles. The van der Waals surface area contributed by atoms with Gasteiger partial charge in [0.1, 0.15) is 5.75 Å². The number of nitrogens with zero attached hydrogens (tertiary/aromatic N) is 1. The van der Waals surface area contributed by atoms with E-state index in [9.17, 15) is 4.79 Å². The number of rotatable bonds is 7. The molecular weight excluding hydrogens is 360 g/mol. The molecule has 0 saturated carbocycles. The highest BCUT2D eigenvalue weighted by atomic mass is 35.5. The number of aryl methyl sites for hydroxylation is 1. The first-order valence-corrected chi connectivity index (χ1v) is 9.92. The van der Waals surface area contributed by atoms with Gasteiger partial charge in [-0.25, -0.2) is 0 Å². The third-order valence-electron chi connectivity index (χ3n) is 4.89. The SMILES string of the molecule is Cc1ccc(OCCC(=O)NC2CCN(Cc3ccc(Cl)cc3)CC2)cc1. The highest BCUT2D eigenvalue weighted by Crippen LogP contribution is 2.16. The molecule has 5 heteroatoms. The van der Waals surface area contributed by atoms with Gasteiger partial charge >= 0.3 is 0 Å². The summed E-state index contributed by atoms with van der Waals surface area (Å²) in [5, 5.41) is 3.91. The highest BCUT2D eigenvalue weighted by Gasteiger charge is 2.20. The lowest BCUT2D eigenvalue weighted by atomic mass is 10.0.